The summed E-state index contributed by atoms with van der Waals surface area (Å²) >= 11 is 12.0. The molecule has 4 nitrogen and oxygen atoms in total. The zero-order chi connectivity index (χ0) is 16.4. The molecule has 1 aromatic carbocycles. The molecule has 1 aromatic heterocycles. The Balaban J connectivity index is 1.69. The third kappa shape index (κ3) is 3.59. The predicted molar refractivity (Wildman–Crippen MR) is 93.6 cm³/mol. The van der Waals surface area contributed by atoms with Gasteiger partial charge in [-0.15, -0.1) is 0 Å². The summed E-state index contributed by atoms with van der Waals surface area (Å²) in [6.07, 6.45) is 1.56. The Kier molecular flexibility index (Phi) is 4.74. The number of anilines is 1. The summed E-state index contributed by atoms with van der Waals surface area (Å²) in [6, 6.07) is 9.17. The number of piperazine rings is 1. The fraction of sp³-hybridized carbons (Fsp3) is 0.294. The van der Waals surface area contributed by atoms with Crippen molar-refractivity contribution >= 4 is 34.8 Å². The van der Waals surface area contributed by atoms with Crippen molar-refractivity contribution in [3.63, 3.8) is 0 Å². The summed E-state index contributed by atoms with van der Waals surface area (Å²) in [7, 11) is 0. The first kappa shape index (κ1) is 16.1. The van der Waals surface area contributed by atoms with Gasteiger partial charge in [-0.2, -0.15) is 0 Å². The number of hydrogen-bond acceptors (Lipinski definition) is 3. The molecule has 0 unspecified atom stereocenters. The van der Waals surface area contributed by atoms with Gasteiger partial charge in [-0.3, -0.25) is 9.78 Å². The number of rotatable bonds is 2. The second-order valence-electron chi connectivity index (χ2n) is 5.57. The summed E-state index contributed by atoms with van der Waals surface area (Å²) in [6.45, 7) is 4.91. The summed E-state index contributed by atoms with van der Waals surface area (Å²) in [5.41, 5.74) is 2.71. The second-order valence-corrected chi connectivity index (χ2v) is 6.44. The van der Waals surface area contributed by atoms with Gasteiger partial charge in [-0.25, -0.2) is 0 Å². The highest BCUT2D eigenvalue weighted by molar-refractivity contribution is 6.31. The van der Waals surface area contributed by atoms with Crippen LogP contribution in [0.15, 0.2) is 36.5 Å². The first-order valence-corrected chi connectivity index (χ1v) is 8.22. The van der Waals surface area contributed by atoms with E-state index in [1.165, 1.54) is 5.56 Å². The molecule has 0 spiro atoms. The topological polar surface area (TPSA) is 36.4 Å². The molecule has 3 rings (SSSR count). The SMILES string of the molecule is Cc1ccc(Cl)cc1N1CCN(C(=O)c2cc(Cl)ccn2)CC1. The summed E-state index contributed by atoms with van der Waals surface area (Å²) in [5.74, 6) is -0.0741. The average Bonchev–Trinajstić information content (AvgIpc) is 2.56. The zero-order valence-corrected chi connectivity index (χ0v) is 14.3. The van der Waals surface area contributed by atoms with E-state index in [9.17, 15) is 4.79 Å². The van der Waals surface area contributed by atoms with Crippen LogP contribution in [0.25, 0.3) is 0 Å². The van der Waals surface area contributed by atoms with Gasteiger partial charge in [0.2, 0.25) is 0 Å². The van der Waals surface area contributed by atoms with Crippen molar-refractivity contribution in [1.29, 1.82) is 0 Å². The Morgan fingerprint density at radius 3 is 2.43 bits per heavy atom. The van der Waals surface area contributed by atoms with Gasteiger partial charge in [0.25, 0.3) is 5.91 Å². The van der Waals surface area contributed by atoms with Crippen LogP contribution in [-0.2, 0) is 0 Å². The molecular weight excluding hydrogens is 333 g/mol. The third-order valence-electron chi connectivity index (χ3n) is 4.02. The Hall–Kier alpha value is -1.78. The second kappa shape index (κ2) is 6.77. The van der Waals surface area contributed by atoms with E-state index in [-0.39, 0.29) is 5.91 Å². The molecule has 1 aliphatic rings. The van der Waals surface area contributed by atoms with Crippen LogP contribution < -0.4 is 4.90 Å². The van der Waals surface area contributed by atoms with E-state index in [1.54, 1.807) is 18.3 Å². The van der Waals surface area contributed by atoms with Crippen LogP contribution in [0.1, 0.15) is 16.1 Å². The molecule has 1 fully saturated rings. The summed E-state index contributed by atoms with van der Waals surface area (Å²) in [5, 5.41) is 1.25. The first-order valence-electron chi connectivity index (χ1n) is 7.46. The van der Waals surface area contributed by atoms with Crippen LogP contribution in [0.2, 0.25) is 10.0 Å². The molecule has 1 saturated heterocycles. The highest BCUT2D eigenvalue weighted by Gasteiger charge is 2.24. The number of carbonyl (C=O) groups is 1. The van der Waals surface area contributed by atoms with Crippen molar-refractivity contribution in [3.05, 3.63) is 57.8 Å². The molecule has 0 saturated carbocycles. The lowest BCUT2D eigenvalue weighted by Gasteiger charge is -2.36. The van der Waals surface area contributed by atoms with Crippen LogP contribution >= 0.6 is 23.2 Å². The van der Waals surface area contributed by atoms with E-state index in [2.05, 4.69) is 16.8 Å². The Morgan fingerprint density at radius 2 is 1.74 bits per heavy atom. The van der Waals surface area contributed by atoms with Gasteiger partial charge in [0.1, 0.15) is 5.69 Å². The van der Waals surface area contributed by atoms with Crippen molar-refractivity contribution in [3.8, 4) is 0 Å². The zero-order valence-electron chi connectivity index (χ0n) is 12.8. The van der Waals surface area contributed by atoms with Crippen molar-refractivity contribution in [1.82, 2.24) is 9.88 Å². The van der Waals surface area contributed by atoms with Gasteiger partial charge in [0, 0.05) is 48.1 Å². The fourth-order valence-electron chi connectivity index (χ4n) is 2.76. The minimum Gasteiger partial charge on any atom is -0.368 e. The van der Waals surface area contributed by atoms with E-state index >= 15 is 0 Å². The molecule has 0 radical (unpaired) electrons. The number of carbonyl (C=O) groups excluding carboxylic acids is 1. The number of benzene rings is 1. The molecular formula is C17H17Cl2N3O. The van der Waals surface area contributed by atoms with Crippen LogP contribution in [0.5, 0.6) is 0 Å². The van der Waals surface area contributed by atoms with Crippen LogP contribution in [0.4, 0.5) is 5.69 Å². The molecule has 1 aliphatic heterocycles. The van der Waals surface area contributed by atoms with Crippen LogP contribution in [-0.4, -0.2) is 42.0 Å². The molecule has 0 aliphatic carbocycles. The number of halogens is 2. The molecule has 6 heteroatoms. The Bertz CT molecular complexity index is 728. The van der Waals surface area contributed by atoms with E-state index < -0.39 is 0 Å². The van der Waals surface area contributed by atoms with Crippen LogP contribution in [0.3, 0.4) is 0 Å². The smallest absolute Gasteiger partial charge is 0.272 e. The molecule has 1 amide bonds. The Morgan fingerprint density at radius 1 is 1.04 bits per heavy atom. The summed E-state index contributed by atoms with van der Waals surface area (Å²) in [4.78, 5) is 20.7. The van der Waals surface area contributed by atoms with Gasteiger partial charge in [-0.05, 0) is 36.8 Å². The fourth-order valence-corrected chi connectivity index (χ4v) is 3.08. The van der Waals surface area contributed by atoms with Gasteiger partial charge in [0.15, 0.2) is 0 Å². The van der Waals surface area contributed by atoms with E-state index in [1.807, 2.05) is 23.1 Å². The number of nitrogens with zero attached hydrogens (tertiary/aromatic N) is 3. The molecule has 2 heterocycles. The molecule has 0 bridgehead atoms. The van der Waals surface area contributed by atoms with E-state index in [4.69, 9.17) is 23.2 Å². The standard InChI is InChI=1S/C17H17Cl2N3O/c1-12-2-3-13(18)11-16(12)21-6-8-22(9-7-21)17(23)15-10-14(19)4-5-20-15/h2-5,10-11H,6-9H2,1H3. The van der Waals surface area contributed by atoms with E-state index in [0.29, 0.717) is 23.8 Å². The molecule has 0 atom stereocenters. The van der Waals surface area contributed by atoms with E-state index in [0.717, 1.165) is 23.8 Å². The average molecular weight is 350 g/mol. The largest absolute Gasteiger partial charge is 0.368 e. The third-order valence-corrected chi connectivity index (χ3v) is 4.49. The predicted octanol–water partition coefficient (Wildman–Crippen LogP) is 3.66. The number of amides is 1. The van der Waals surface area contributed by atoms with Gasteiger partial charge < -0.3 is 9.80 Å². The highest BCUT2D eigenvalue weighted by atomic mass is 35.5. The minimum atomic E-state index is -0.0741. The molecule has 23 heavy (non-hydrogen) atoms. The monoisotopic (exact) mass is 349 g/mol. The summed E-state index contributed by atoms with van der Waals surface area (Å²) < 4.78 is 0. The van der Waals surface area contributed by atoms with Crippen molar-refractivity contribution in [2.24, 2.45) is 0 Å². The molecule has 120 valence electrons. The van der Waals surface area contributed by atoms with Crippen LogP contribution in [0, 0.1) is 6.92 Å². The van der Waals surface area contributed by atoms with Gasteiger partial charge in [-0.1, -0.05) is 29.3 Å². The number of hydrogen-bond donors (Lipinski definition) is 0. The lowest BCUT2D eigenvalue weighted by atomic mass is 10.1. The lowest BCUT2D eigenvalue weighted by molar-refractivity contribution is 0.0741. The molecule has 2 aromatic rings. The maximum atomic E-state index is 12.5. The number of pyridine rings is 1. The van der Waals surface area contributed by atoms with Gasteiger partial charge in [0.05, 0.1) is 0 Å². The maximum Gasteiger partial charge on any atom is 0.272 e. The minimum absolute atomic E-state index is 0.0741. The van der Waals surface area contributed by atoms with Gasteiger partial charge >= 0.3 is 0 Å². The molecule has 0 N–H and O–H groups in total. The maximum absolute atomic E-state index is 12.5. The number of aryl methyl sites for hydroxylation is 1. The normalized spacial score (nSPS) is 14.9. The quantitative estimate of drug-likeness (QED) is 0.829. The number of aromatic nitrogens is 1. The van der Waals surface area contributed by atoms with Crippen molar-refractivity contribution < 1.29 is 4.79 Å². The van der Waals surface area contributed by atoms with Crippen molar-refractivity contribution in [2.75, 3.05) is 31.1 Å². The lowest BCUT2D eigenvalue weighted by Crippen LogP contribution is -2.49. The van der Waals surface area contributed by atoms with Crippen molar-refractivity contribution in [2.45, 2.75) is 6.92 Å². The Labute approximate surface area is 145 Å². The highest BCUT2D eigenvalue weighted by Crippen LogP contribution is 2.25. The first-order chi connectivity index (χ1) is 11.0.